The van der Waals surface area contributed by atoms with Crippen molar-refractivity contribution in [3.63, 3.8) is 0 Å². The van der Waals surface area contributed by atoms with E-state index < -0.39 is 17.7 Å². The first kappa shape index (κ1) is 18.0. The molecule has 2 atom stereocenters. The Kier molecular flexibility index (Phi) is 5.25. The molecule has 3 rings (SSSR count). The Morgan fingerprint density at radius 3 is 2.58 bits per heavy atom. The molecule has 1 aromatic rings. The Balaban J connectivity index is 1.96. The Morgan fingerprint density at radius 2 is 1.96 bits per heavy atom. The van der Waals surface area contributed by atoms with E-state index in [0.717, 1.165) is 19.3 Å². The van der Waals surface area contributed by atoms with E-state index in [9.17, 15) is 14.8 Å². The maximum atomic E-state index is 11.8. The standard InChI is InChI=1S/C19H22N2O5/c1-2-7-15-14(10-6-11-20-15)12-19(25-17(22)18(23)26-19)16(21-24)13-8-4-3-5-9-13/h3-6,8-9,11,14-15,20,24H,2,7,10,12H2,1H3/b21-16+. The molecular formula is C19H22N2O5. The molecule has 0 bridgehead atoms. The molecule has 2 N–H and O–H groups in total. The van der Waals surface area contributed by atoms with Gasteiger partial charge in [-0.15, -0.1) is 0 Å². The van der Waals surface area contributed by atoms with Crippen LogP contribution in [0, 0.1) is 5.92 Å². The third-order valence-corrected chi connectivity index (χ3v) is 4.76. The highest BCUT2D eigenvalue weighted by atomic mass is 16.8. The van der Waals surface area contributed by atoms with Gasteiger partial charge in [0, 0.05) is 18.0 Å². The van der Waals surface area contributed by atoms with Gasteiger partial charge in [-0.25, -0.2) is 9.59 Å². The predicted octanol–water partition coefficient (Wildman–Crippen LogP) is 2.34. The van der Waals surface area contributed by atoms with Crippen LogP contribution < -0.4 is 5.32 Å². The first-order valence-corrected chi connectivity index (χ1v) is 8.75. The van der Waals surface area contributed by atoms with Gasteiger partial charge < -0.3 is 20.0 Å². The molecule has 0 saturated carbocycles. The third kappa shape index (κ3) is 3.42. The van der Waals surface area contributed by atoms with E-state index in [1.165, 1.54) is 0 Å². The quantitative estimate of drug-likeness (QED) is 0.266. The number of hydrogen-bond donors (Lipinski definition) is 2. The van der Waals surface area contributed by atoms with E-state index in [-0.39, 0.29) is 24.1 Å². The lowest BCUT2D eigenvalue weighted by molar-refractivity contribution is -0.158. The van der Waals surface area contributed by atoms with Gasteiger partial charge >= 0.3 is 17.7 Å². The molecule has 0 aliphatic carbocycles. The number of nitrogens with one attached hydrogen (secondary N) is 1. The van der Waals surface area contributed by atoms with E-state index in [4.69, 9.17) is 9.47 Å². The Labute approximate surface area is 151 Å². The second-order valence-electron chi connectivity index (χ2n) is 6.51. The van der Waals surface area contributed by atoms with Crippen molar-refractivity contribution in [3.8, 4) is 0 Å². The number of hydrogen-bond acceptors (Lipinski definition) is 7. The van der Waals surface area contributed by atoms with Crippen LogP contribution in [-0.4, -0.2) is 34.7 Å². The fourth-order valence-electron chi connectivity index (χ4n) is 3.57. The molecule has 0 radical (unpaired) electrons. The van der Waals surface area contributed by atoms with E-state index in [2.05, 4.69) is 17.4 Å². The van der Waals surface area contributed by atoms with Crippen molar-refractivity contribution in [1.82, 2.24) is 5.32 Å². The number of cyclic esters (lactones) is 2. The summed E-state index contributed by atoms with van der Waals surface area (Å²) in [5.74, 6) is -3.84. The van der Waals surface area contributed by atoms with E-state index in [0.29, 0.717) is 5.56 Å². The van der Waals surface area contributed by atoms with Gasteiger partial charge in [0.05, 0.1) is 0 Å². The smallest absolute Gasteiger partial charge is 0.410 e. The van der Waals surface area contributed by atoms with Crippen molar-refractivity contribution in [2.75, 3.05) is 0 Å². The second kappa shape index (κ2) is 7.59. The van der Waals surface area contributed by atoms with Crippen LogP contribution in [0.25, 0.3) is 0 Å². The molecule has 0 aromatic heterocycles. The molecule has 2 aliphatic rings. The van der Waals surface area contributed by atoms with Gasteiger partial charge in [-0.3, -0.25) is 0 Å². The van der Waals surface area contributed by atoms with Crippen LogP contribution >= 0.6 is 0 Å². The summed E-state index contributed by atoms with van der Waals surface area (Å²) in [5, 5.41) is 16.3. The zero-order valence-corrected chi connectivity index (χ0v) is 14.6. The predicted molar refractivity (Wildman–Crippen MR) is 93.4 cm³/mol. The first-order valence-electron chi connectivity index (χ1n) is 8.75. The normalized spacial score (nSPS) is 24.7. The summed E-state index contributed by atoms with van der Waals surface area (Å²) in [6.07, 6.45) is 6.75. The van der Waals surface area contributed by atoms with Gasteiger partial charge in [0.15, 0.2) is 5.71 Å². The van der Waals surface area contributed by atoms with E-state index in [1.807, 2.05) is 18.3 Å². The minimum Gasteiger partial charge on any atom is -0.410 e. The van der Waals surface area contributed by atoms with Gasteiger partial charge in [-0.05, 0) is 25.0 Å². The number of nitrogens with zero attached hydrogens (tertiary/aromatic N) is 1. The van der Waals surface area contributed by atoms with Gasteiger partial charge in [0.2, 0.25) is 0 Å². The molecule has 2 heterocycles. The summed E-state index contributed by atoms with van der Waals surface area (Å²) >= 11 is 0. The lowest BCUT2D eigenvalue weighted by Gasteiger charge is -2.35. The molecule has 1 fully saturated rings. The highest BCUT2D eigenvalue weighted by Crippen LogP contribution is 2.36. The van der Waals surface area contributed by atoms with Crippen LogP contribution in [0.1, 0.15) is 38.2 Å². The fourth-order valence-corrected chi connectivity index (χ4v) is 3.57. The fraction of sp³-hybridized carbons (Fsp3) is 0.421. The zero-order valence-electron chi connectivity index (χ0n) is 14.6. The highest BCUT2D eigenvalue weighted by Gasteiger charge is 2.55. The molecule has 2 unspecified atom stereocenters. The minimum atomic E-state index is -1.73. The maximum Gasteiger partial charge on any atom is 0.421 e. The van der Waals surface area contributed by atoms with Crippen molar-refractivity contribution in [2.45, 2.75) is 44.4 Å². The van der Waals surface area contributed by atoms with Crippen molar-refractivity contribution in [2.24, 2.45) is 11.1 Å². The molecule has 7 nitrogen and oxygen atoms in total. The zero-order chi connectivity index (χ0) is 18.6. The monoisotopic (exact) mass is 358 g/mol. The number of rotatable bonds is 6. The number of esters is 2. The van der Waals surface area contributed by atoms with E-state index >= 15 is 0 Å². The van der Waals surface area contributed by atoms with Gasteiger partial charge in [-0.1, -0.05) is 54.9 Å². The topological polar surface area (TPSA) is 97.2 Å². The van der Waals surface area contributed by atoms with Crippen molar-refractivity contribution < 1.29 is 24.3 Å². The summed E-state index contributed by atoms with van der Waals surface area (Å²) in [5.41, 5.74) is 0.533. The Hall–Kier alpha value is -2.83. The summed E-state index contributed by atoms with van der Waals surface area (Å²) in [6.45, 7) is 2.09. The average molecular weight is 358 g/mol. The summed E-state index contributed by atoms with van der Waals surface area (Å²) in [7, 11) is 0. The lowest BCUT2D eigenvalue weighted by Crippen LogP contribution is -2.47. The van der Waals surface area contributed by atoms with Gasteiger partial charge in [0.1, 0.15) is 0 Å². The molecule has 26 heavy (non-hydrogen) atoms. The average Bonchev–Trinajstić information content (AvgIpc) is 2.93. The van der Waals surface area contributed by atoms with Crippen LogP contribution in [0.15, 0.2) is 47.8 Å². The maximum absolute atomic E-state index is 11.8. The molecule has 1 saturated heterocycles. The van der Waals surface area contributed by atoms with Gasteiger partial charge in [-0.2, -0.15) is 0 Å². The van der Waals surface area contributed by atoms with Crippen LogP contribution in [-0.2, 0) is 19.1 Å². The van der Waals surface area contributed by atoms with Crippen LogP contribution in [0.5, 0.6) is 0 Å². The number of oxime groups is 1. The van der Waals surface area contributed by atoms with Crippen LogP contribution in [0.2, 0.25) is 0 Å². The molecule has 1 aromatic carbocycles. The second-order valence-corrected chi connectivity index (χ2v) is 6.51. The molecule has 0 amide bonds. The number of ether oxygens (including phenoxy) is 2. The third-order valence-electron chi connectivity index (χ3n) is 4.76. The van der Waals surface area contributed by atoms with Crippen molar-refractivity contribution >= 4 is 17.7 Å². The molecule has 2 aliphatic heterocycles. The summed E-state index contributed by atoms with van der Waals surface area (Å²) < 4.78 is 10.7. The van der Waals surface area contributed by atoms with E-state index in [1.54, 1.807) is 24.3 Å². The number of carbonyl (C=O) groups is 2. The number of carbonyl (C=O) groups excluding carboxylic acids is 2. The Morgan fingerprint density at radius 1 is 1.27 bits per heavy atom. The molecule has 7 heteroatoms. The first-order chi connectivity index (χ1) is 12.6. The summed E-state index contributed by atoms with van der Waals surface area (Å²) in [4.78, 5) is 23.7. The molecular weight excluding hydrogens is 336 g/mol. The SMILES string of the molecule is CCCC1NC=CCC1CC1(/C(=N/O)c2ccccc2)OC(=O)C(=O)O1. The molecule has 0 spiro atoms. The number of allylic oxidation sites excluding steroid dienone is 1. The summed E-state index contributed by atoms with van der Waals surface area (Å²) in [6, 6.07) is 8.90. The van der Waals surface area contributed by atoms with Crippen molar-refractivity contribution in [1.29, 1.82) is 0 Å². The largest absolute Gasteiger partial charge is 0.421 e. The van der Waals surface area contributed by atoms with Crippen LogP contribution in [0.4, 0.5) is 0 Å². The van der Waals surface area contributed by atoms with Gasteiger partial charge in [0.25, 0.3) is 0 Å². The van der Waals surface area contributed by atoms with Crippen molar-refractivity contribution in [3.05, 3.63) is 48.2 Å². The number of benzene rings is 1. The minimum absolute atomic E-state index is 0.0158. The lowest BCUT2D eigenvalue weighted by atomic mass is 9.82. The van der Waals surface area contributed by atoms with Crippen LogP contribution in [0.3, 0.4) is 0 Å². The highest BCUT2D eigenvalue weighted by molar-refractivity contribution is 6.33. The Bertz CT molecular complexity index is 713. The molecule has 138 valence electrons.